The maximum absolute atomic E-state index is 13.1. The van der Waals surface area contributed by atoms with Crippen LogP contribution in [0.2, 0.25) is 0 Å². The molecule has 9 N–H and O–H groups in total. The minimum absolute atomic E-state index is 0.0622. The number of rotatable bonds is 19. The number of aryl methyl sites for hydroxylation is 2. The van der Waals surface area contributed by atoms with Gasteiger partial charge in [-0.1, -0.05) is 65.7 Å². The Morgan fingerprint density at radius 3 is 1.63 bits per heavy atom. The number of azo groups is 2. The lowest BCUT2D eigenvalue weighted by Crippen LogP contribution is -2.03. The quantitative estimate of drug-likeness (QED) is 0.0275. The van der Waals surface area contributed by atoms with E-state index in [4.69, 9.17) is 30.5 Å². The monoisotopic (exact) mass is 1150 g/mol. The van der Waals surface area contributed by atoms with Gasteiger partial charge >= 0.3 is 17.9 Å². The first kappa shape index (κ1) is 56.3. The Labute approximate surface area is 495 Å². The number of anilines is 7. The Hall–Kier alpha value is -12.6. The molecule has 22 heteroatoms. The molecule has 426 valence electrons. The molecular weight excluding hydrogens is 1100 g/mol. The van der Waals surface area contributed by atoms with E-state index in [2.05, 4.69) is 46.2 Å². The Bertz CT molecular complexity index is 4510. The number of aromatic nitrogens is 6. The Kier molecular flexibility index (Phi) is 16.1. The number of carbonyl (C=O) groups is 3. The summed E-state index contributed by atoms with van der Waals surface area (Å²) in [5.74, 6) is -3.44. The van der Waals surface area contributed by atoms with Crippen LogP contribution in [0.3, 0.4) is 0 Å². The third-order valence-electron chi connectivity index (χ3n) is 13.3. The van der Waals surface area contributed by atoms with Crippen LogP contribution in [0.1, 0.15) is 42.2 Å². The molecule has 3 heterocycles. The standard InChI is InChI=1S/C65H48N14O8/c1-36-10-16-39(17-11-36)69-64-68-31-29-53(73-64)59-46(56-35-55(45-6-3-4-8-50(45)66)74-65(75-56)71-40-18-12-37(2)13-19-40)7-5-9-54(59)79-77-43-23-27-58(49(33-43)62(85)86)87-44-24-25-52(78-76-42-22-26-57(80)48(32-42)61(83)84)47(34-44)51-28-30-67-63(72-51)70-41-20-14-38(15-21-41)60(81)82/h3-35,80H,66H2,1-2H3,(H,81,82)(H,83,84)(H,85,86)(H,67,70,72)(H,68,69,73)(H,71,74,75)/b78-76+,79-77+. The van der Waals surface area contributed by atoms with Gasteiger partial charge in [-0.2, -0.15) is 10.2 Å². The smallest absolute Gasteiger partial charge is 0.339 e. The number of nitrogen functional groups attached to an aromatic ring is 1. The summed E-state index contributed by atoms with van der Waals surface area (Å²) in [6, 6.07) is 52.3. The number of phenols is 1. The number of ether oxygens (including phenoxy) is 1. The van der Waals surface area contributed by atoms with Gasteiger partial charge in [-0.05, 0) is 147 Å². The van der Waals surface area contributed by atoms with E-state index in [9.17, 15) is 34.8 Å². The van der Waals surface area contributed by atoms with E-state index in [0.717, 1.165) is 28.6 Å². The molecule has 0 radical (unpaired) electrons. The second-order valence-corrected chi connectivity index (χ2v) is 19.4. The minimum Gasteiger partial charge on any atom is -0.507 e. The SMILES string of the molecule is Cc1ccc(Nc2nc(-c3ccccc3N)cc(-c3cccc(/N=N/c4ccc(Oc5ccc(/N=N/c6ccc(O)c(C(=O)O)c6)c(-c6ccnc(Nc7ccc(C(=O)O)cc7)n6)c5)c(C(=O)O)c4)c3-c3ccnc(Nc4ccc(C)cc4)n3)n2)cc1. The number of carboxylic acids is 3. The van der Waals surface area contributed by atoms with Crippen LogP contribution in [0.15, 0.2) is 221 Å². The lowest BCUT2D eigenvalue weighted by atomic mass is 9.98. The molecule has 0 fully saturated rings. The molecule has 11 rings (SSSR count). The molecule has 0 amide bonds. The summed E-state index contributed by atoms with van der Waals surface area (Å²) in [6.07, 6.45) is 3.10. The van der Waals surface area contributed by atoms with Gasteiger partial charge in [-0.25, -0.2) is 44.3 Å². The van der Waals surface area contributed by atoms with Crippen molar-refractivity contribution >= 4 is 81.3 Å². The van der Waals surface area contributed by atoms with Gasteiger partial charge < -0.3 is 46.8 Å². The molecule has 0 aliphatic heterocycles. The molecule has 0 saturated carbocycles. The highest BCUT2D eigenvalue weighted by Gasteiger charge is 2.21. The van der Waals surface area contributed by atoms with Gasteiger partial charge in [0.05, 0.1) is 51.1 Å². The van der Waals surface area contributed by atoms with Crippen LogP contribution in [0.5, 0.6) is 17.2 Å². The van der Waals surface area contributed by atoms with Crippen molar-refractivity contribution in [1.29, 1.82) is 0 Å². The Morgan fingerprint density at radius 2 is 1.00 bits per heavy atom. The molecule has 0 aliphatic rings. The van der Waals surface area contributed by atoms with E-state index in [0.29, 0.717) is 74.0 Å². The second-order valence-electron chi connectivity index (χ2n) is 19.4. The van der Waals surface area contributed by atoms with Crippen LogP contribution in [0.4, 0.5) is 63.3 Å². The Balaban J connectivity index is 0.963. The molecule has 0 spiro atoms. The van der Waals surface area contributed by atoms with Crippen LogP contribution in [0.25, 0.3) is 45.0 Å². The van der Waals surface area contributed by atoms with Crippen molar-refractivity contribution in [1.82, 2.24) is 29.9 Å². The Morgan fingerprint density at radius 1 is 0.460 bits per heavy atom. The van der Waals surface area contributed by atoms with Crippen LogP contribution >= 0.6 is 0 Å². The number of aromatic hydroxyl groups is 1. The number of aromatic carboxylic acids is 3. The highest BCUT2D eigenvalue weighted by atomic mass is 16.5. The number of nitrogens with zero attached hydrogens (tertiary/aromatic N) is 10. The zero-order chi connectivity index (χ0) is 60.6. The van der Waals surface area contributed by atoms with Gasteiger partial charge in [0, 0.05) is 57.4 Å². The predicted molar refractivity (Wildman–Crippen MR) is 328 cm³/mol. The summed E-state index contributed by atoms with van der Waals surface area (Å²) in [4.78, 5) is 64.9. The van der Waals surface area contributed by atoms with Gasteiger partial charge in [0.15, 0.2) is 0 Å². The second kappa shape index (κ2) is 24.9. The summed E-state index contributed by atoms with van der Waals surface area (Å²) >= 11 is 0. The molecule has 22 nitrogen and oxygen atoms in total. The van der Waals surface area contributed by atoms with Crippen molar-refractivity contribution in [3.8, 4) is 62.3 Å². The minimum atomic E-state index is -1.37. The van der Waals surface area contributed by atoms with Crippen molar-refractivity contribution in [2.24, 2.45) is 20.5 Å². The molecule has 0 aliphatic carbocycles. The number of hydrogen-bond acceptors (Lipinski definition) is 19. The van der Waals surface area contributed by atoms with Gasteiger partial charge in [-0.3, -0.25) is 0 Å². The average molecular weight is 1150 g/mol. The molecule has 8 aromatic carbocycles. The highest BCUT2D eigenvalue weighted by Crippen LogP contribution is 2.42. The third kappa shape index (κ3) is 13.4. The summed E-state index contributed by atoms with van der Waals surface area (Å²) in [5, 5.41) is 67.5. The fourth-order valence-electron chi connectivity index (χ4n) is 8.91. The molecular formula is C65H48N14O8. The number of nitrogens with two attached hydrogens (primary N) is 1. The topological polar surface area (TPSA) is 330 Å². The predicted octanol–water partition coefficient (Wildman–Crippen LogP) is 15.6. The normalized spacial score (nSPS) is 11.1. The first-order valence-corrected chi connectivity index (χ1v) is 26.6. The van der Waals surface area contributed by atoms with Crippen molar-refractivity contribution in [2.45, 2.75) is 13.8 Å². The molecule has 0 atom stereocenters. The molecule has 0 saturated heterocycles. The van der Waals surface area contributed by atoms with Crippen LogP contribution in [0, 0.1) is 13.8 Å². The lowest BCUT2D eigenvalue weighted by Gasteiger charge is -2.15. The van der Waals surface area contributed by atoms with E-state index in [1.807, 2.05) is 92.7 Å². The fraction of sp³-hybridized carbons (Fsp3) is 0.0308. The van der Waals surface area contributed by atoms with Crippen LogP contribution < -0.4 is 26.4 Å². The first-order chi connectivity index (χ1) is 42.2. The van der Waals surface area contributed by atoms with Crippen LogP contribution in [-0.4, -0.2) is 68.2 Å². The molecule has 3 aromatic heterocycles. The van der Waals surface area contributed by atoms with Crippen molar-refractivity contribution in [3.63, 3.8) is 0 Å². The van der Waals surface area contributed by atoms with Gasteiger partial charge in [0.25, 0.3) is 0 Å². The van der Waals surface area contributed by atoms with Gasteiger partial charge in [0.2, 0.25) is 17.8 Å². The summed E-state index contributed by atoms with van der Waals surface area (Å²) < 4.78 is 6.31. The molecule has 87 heavy (non-hydrogen) atoms. The van der Waals surface area contributed by atoms with Crippen molar-refractivity contribution in [3.05, 3.63) is 228 Å². The summed E-state index contributed by atoms with van der Waals surface area (Å²) in [6.45, 7) is 4.00. The first-order valence-electron chi connectivity index (χ1n) is 26.6. The van der Waals surface area contributed by atoms with Crippen LogP contribution in [-0.2, 0) is 0 Å². The van der Waals surface area contributed by atoms with Crippen molar-refractivity contribution < 1.29 is 39.5 Å². The number of benzene rings is 8. The number of hydrogen-bond donors (Lipinski definition) is 8. The highest BCUT2D eigenvalue weighted by molar-refractivity contribution is 5.94. The van der Waals surface area contributed by atoms with Gasteiger partial charge in [-0.15, -0.1) is 10.2 Å². The molecule has 0 bridgehead atoms. The molecule has 0 unspecified atom stereocenters. The zero-order valence-corrected chi connectivity index (χ0v) is 46.0. The number of carboxylic acid groups (broad SMARTS) is 3. The number of para-hydroxylation sites is 1. The third-order valence-corrected chi connectivity index (χ3v) is 13.3. The largest absolute Gasteiger partial charge is 0.507 e. The van der Waals surface area contributed by atoms with E-state index in [1.54, 1.807) is 66.9 Å². The fourth-order valence-corrected chi connectivity index (χ4v) is 8.91. The summed E-state index contributed by atoms with van der Waals surface area (Å²) in [7, 11) is 0. The maximum atomic E-state index is 13.1. The summed E-state index contributed by atoms with van der Waals surface area (Å²) in [5.41, 5.74) is 15.4. The number of nitrogens with one attached hydrogen (secondary N) is 3. The van der Waals surface area contributed by atoms with E-state index in [-0.39, 0.29) is 51.2 Å². The maximum Gasteiger partial charge on any atom is 0.339 e. The lowest BCUT2D eigenvalue weighted by molar-refractivity contribution is 0.0682. The van der Waals surface area contributed by atoms with E-state index >= 15 is 0 Å². The molecule has 11 aromatic rings. The zero-order valence-electron chi connectivity index (χ0n) is 46.0. The average Bonchev–Trinajstić information content (AvgIpc) is 3.17. The van der Waals surface area contributed by atoms with E-state index < -0.39 is 23.7 Å². The van der Waals surface area contributed by atoms with Gasteiger partial charge in [0.1, 0.15) is 28.4 Å². The van der Waals surface area contributed by atoms with Crippen molar-refractivity contribution in [2.75, 3.05) is 21.7 Å². The van der Waals surface area contributed by atoms with E-state index in [1.165, 1.54) is 48.7 Å².